The normalized spacial score (nSPS) is 19.8. The molecule has 1 unspecified atom stereocenters. The predicted octanol–water partition coefficient (Wildman–Crippen LogP) is 12.8. The molecule has 5 aromatic rings. The highest BCUT2D eigenvalue weighted by Crippen LogP contribution is 2.40. The van der Waals surface area contributed by atoms with Crippen molar-refractivity contribution in [3.05, 3.63) is 226 Å². The fraction of sp³-hybridized carbons (Fsp3) is 0.161. The van der Waals surface area contributed by atoms with Gasteiger partial charge in [-0.3, -0.25) is 4.99 Å². The van der Waals surface area contributed by atoms with Gasteiger partial charge in [0, 0.05) is 39.4 Å². The monoisotopic (exact) mass is 778 g/mol. The summed E-state index contributed by atoms with van der Waals surface area (Å²) in [4.78, 5) is 14.1. The van der Waals surface area contributed by atoms with Crippen LogP contribution in [0.3, 0.4) is 0 Å². The minimum atomic E-state index is 0.395. The molecule has 4 aromatic carbocycles. The minimum Gasteiger partial charge on any atom is -0.313 e. The summed E-state index contributed by atoms with van der Waals surface area (Å²) in [7, 11) is 0. The highest BCUT2D eigenvalue weighted by atomic mass is 15.0. The third kappa shape index (κ3) is 9.12. The van der Waals surface area contributed by atoms with Crippen LogP contribution in [0.1, 0.15) is 71.2 Å². The number of amidine groups is 2. The molecule has 0 spiro atoms. The van der Waals surface area contributed by atoms with Crippen LogP contribution in [0.4, 0.5) is 0 Å². The Morgan fingerprint density at radius 1 is 0.850 bits per heavy atom. The highest BCUT2D eigenvalue weighted by Gasteiger charge is 2.24. The zero-order valence-corrected chi connectivity index (χ0v) is 34.4. The number of aliphatic imine (C=N–C) groups is 3. The van der Waals surface area contributed by atoms with Gasteiger partial charge in [-0.15, -0.1) is 6.42 Å². The third-order valence-corrected chi connectivity index (χ3v) is 11.3. The Labute approximate surface area is 355 Å². The Bertz CT molecular complexity index is 2770. The second-order valence-electron chi connectivity index (χ2n) is 15.8. The molecule has 0 N–H and O–H groups in total. The number of aromatic nitrogens is 1. The number of allylic oxidation sites excluding steroid dienone is 12. The van der Waals surface area contributed by atoms with Crippen LogP contribution in [0.25, 0.3) is 22.7 Å². The number of hydrogen-bond donors (Lipinski definition) is 0. The van der Waals surface area contributed by atoms with Gasteiger partial charge in [-0.05, 0) is 97.4 Å². The van der Waals surface area contributed by atoms with Crippen molar-refractivity contribution < 1.29 is 0 Å². The number of terminal acetylenes is 1. The Balaban J connectivity index is 0.921. The first kappa shape index (κ1) is 39.7. The van der Waals surface area contributed by atoms with E-state index in [0.717, 1.165) is 60.8 Å². The van der Waals surface area contributed by atoms with Crippen LogP contribution in [0.5, 0.6) is 0 Å². The van der Waals surface area contributed by atoms with Gasteiger partial charge in [0.2, 0.25) is 0 Å². The lowest BCUT2D eigenvalue weighted by molar-refractivity contribution is 0.728. The Morgan fingerprint density at radius 2 is 1.60 bits per heavy atom. The Kier molecular flexibility index (Phi) is 12.4. The number of para-hydroxylation sites is 1. The van der Waals surface area contributed by atoms with Crippen molar-refractivity contribution in [1.82, 2.24) is 4.57 Å². The molecule has 60 heavy (non-hydrogen) atoms. The molecule has 1 heterocycles. The summed E-state index contributed by atoms with van der Waals surface area (Å²) in [5.41, 5.74) is 15.8. The summed E-state index contributed by atoms with van der Waals surface area (Å²) in [6, 6.07) is 35.5. The van der Waals surface area contributed by atoms with E-state index in [4.69, 9.17) is 16.4 Å². The molecule has 0 saturated carbocycles. The van der Waals surface area contributed by atoms with Gasteiger partial charge in [-0.2, -0.15) is 0 Å². The van der Waals surface area contributed by atoms with E-state index in [1.807, 2.05) is 66.7 Å². The highest BCUT2D eigenvalue weighted by molar-refractivity contribution is 6.12. The summed E-state index contributed by atoms with van der Waals surface area (Å²) in [5.74, 6) is 4.30. The smallest absolute Gasteiger partial charge is 0.161 e. The number of benzene rings is 4. The van der Waals surface area contributed by atoms with Gasteiger partial charge in [-0.25, -0.2) is 9.98 Å². The van der Waals surface area contributed by atoms with E-state index in [-0.39, 0.29) is 0 Å². The zero-order chi connectivity index (χ0) is 41.3. The maximum Gasteiger partial charge on any atom is 0.161 e. The summed E-state index contributed by atoms with van der Waals surface area (Å²) in [5, 5.41) is 1.32. The van der Waals surface area contributed by atoms with Crippen molar-refractivity contribution in [3.8, 4) is 12.3 Å². The second-order valence-corrected chi connectivity index (χ2v) is 15.8. The van der Waals surface area contributed by atoms with Crippen molar-refractivity contribution in [3.63, 3.8) is 0 Å². The van der Waals surface area contributed by atoms with Gasteiger partial charge in [-0.1, -0.05) is 170 Å². The second kappa shape index (κ2) is 18.7. The number of fused-ring (bicyclic) bond motifs is 4. The van der Waals surface area contributed by atoms with Crippen LogP contribution in [0, 0.1) is 12.3 Å². The Hall–Kier alpha value is -7.09. The van der Waals surface area contributed by atoms with Crippen molar-refractivity contribution >= 4 is 41.1 Å². The lowest BCUT2D eigenvalue weighted by atomic mass is 9.93. The summed E-state index contributed by atoms with van der Waals surface area (Å²) in [6.07, 6.45) is 33.6. The first-order chi connectivity index (χ1) is 29.5. The molecule has 3 aliphatic rings. The largest absolute Gasteiger partial charge is 0.313 e. The molecule has 4 heteroatoms. The van der Waals surface area contributed by atoms with Gasteiger partial charge >= 0.3 is 0 Å². The van der Waals surface area contributed by atoms with Crippen LogP contribution < -0.4 is 0 Å². The quantitative estimate of drug-likeness (QED) is 0.0812. The van der Waals surface area contributed by atoms with E-state index in [9.17, 15) is 0 Å². The van der Waals surface area contributed by atoms with Crippen LogP contribution in [0.2, 0.25) is 0 Å². The first-order valence-corrected chi connectivity index (χ1v) is 20.8. The van der Waals surface area contributed by atoms with Gasteiger partial charge in [0.25, 0.3) is 0 Å². The van der Waals surface area contributed by atoms with Crippen LogP contribution in [-0.4, -0.2) is 29.5 Å². The van der Waals surface area contributed by atoms with E-state index in [1.54, 1.807) is 0 Å². The van der Waals surface area contributed by atoms with Crippen LogP contribution in [-0.2, 0) is 19.3 Å². The molecule has 1 atom stereocenters. The molecule has 1 aromatic heterocycles. The molecule has 294 valence electrons. The van der Waals surface area contributed by atoms with Crippen LogP contribution in [0.15, 0.2) is 202 Å². The fourth-order valence-corrected chi connectivity index (χ4v) is 8.53. The lowest BCUT2D eigenvalue weighted by Gasteiger charge is -2.21. The maximum absolute atomic E-state index is 5.82. The zero-order valence-electron chi connectivity index (χ0n) is 34.4. The van der Waals surface area contributed by atoms with Crippen molar-refractivity contribution in [1.29, 1.82) is 0 Å². The van der Waals surface area contributed by atoms with Gasteiger partial charge < -0.3 is 4.57 Å². The van der Waals surface area contributed by atoms with Crippen LogP contribution >= 0.6 is 0 Å². The molecular formula is C56H50N4. The van der Waals surface area contributed by atoms with Gasteiger partial charge in [0.1, 0.15) is 0 Å². The van der Waals surface area contributed by atoms with Gasteiger partial charge in [0.15, 0.2) is 11.7 Å². The number of nitrogens with zero attached hydrogens (tertiary/aromatic N) is 4. The summed E-state index contributed by atoms with van der Waals surface area (Å²) >= 11 is 0. The van der Waals surface area contributed by atoms with Gasteiger partial charge in [0.05, 0.1) is 12.1 Å². The Morgan fingerprint density at radius 3 is 2.38 bits per heavy atom. The standard InChI is InChI=1S/C56H50N4/c1-5-18-44(39-58-56(47-25-10-7-11-26-47)59-55(57-4)46-23-8-6-9-24-46)35-45-37-48-32-31-43(36-49(48)38-45)21-13-12-20-42-22-17-27-50(34-40(2)33-42)60-53-30-15-14-28-51(53)52-29-16-19-41(3)54(52)60/h1,6-18,20,23-32,34-36,41H,2,4,19,21-22,33,37-39H2,3H3/b13-12-,27-17-,42-20-,44-18+,45-35+,50-34+,58-56-,59-55-. The van der Waals surface area contributed by atoms with Crippen molar-refractivity contribution in [2.75, 3.05) is 6.54 Å². The number of rotatable bonds is 9. The molecule has 8 rings (SSSR count). The molecule has 0 amide bonds. The molecule has 0 radical (unpaired) electrons. The molecule has 0 fully saturated rings. The fourth-order valence-electron chi connectivity index (χ4n) is 8.53. The van der Waals surface area contributed by atoms with E-state index < -0.39 is 0 Å². The molecular weight excluding hydrogens is 729 g/mol. The van der Waals surface area contributed by atoms with E-state index in [2.05, 4.69) is 133 Å². The molecule has 0 bridgehead atoms. The summed E-state index contributed by atoms with van der Waals surface area (Å²) < 4.78 is 2.47. The number of hydrogen-bond acceptors (Lipinski definition) is 1. The molecule has 0 saturated heterocycles. The predicted molar refractivity (Wildman–Crippen MR) is 256 cm³/mol. The average Bonchev–Trinajstić information content (AvgIpc) is 3.83. The lowest BCUT2D eigenvalue weighted by Crippen LogP contribution is -2.08. The van der Waals surface area contributed by atoms with Crippen molar-refractivity contribution in [2.24, 2.45) is 15.0 Å². The van der Waals surface area contributed by atoms with Crippen molar-refractivity contribution in [2.45, 2.75) is 51.4 Å². The van der Waals surface area contributed by atoms with E-state index >= 15 is 0 Å². The van der Waals surface area contributed by atoms with E-state index in [1.165, 1.54) is 55.7 Å². The average molecular weight is 779 g/mol. The first-order valence-electron chi connectivity index (χ1n) is 20.8. The maximum atomic E-state index is 5.82. The molecule has 0 aliphatic heterocycles. The minimum absolute atomic E-state index is 0.395. The molecule has 4 nitrogen and oxygen atoms in total. The van der Waals surface area contributed by atoms with E-state index in [0.29, 0.717) is 24.1 Å². The molecule has 3 aliphatic carbocycles. The summed E-state index contributed by atoms with van der Waals surface area (Å²) in [6.45, 7) is 11.0. The topological polar surface area (TPSA) is 42.0 Å². The SMILES string of the molecule is C#C/C=C(\C=C1/Cc2ccc(C/C=C\C=C3\C/C=C\C(n4c5c(c6ccccc64)C=CCC5C)=C/C(=C)C3)cc2C1)C/N=C(\N=C(/N=C)c1ccccc1)c1ccccc1. The third-order valence-electron chi connectivity index (χ3n) is 11.3.